The molecule has 50 heavy (non-hydrogen) atoms. The van der Waals surface area contributed by atoms with Crippen LogP contribution in [-0.2, 0) is 19.1 Å². The number of nitrogens with one attached hydrogen (secondary N) is 1. The number of piperazine rings is 1. The Hall–Kier alpha value is -5.52. The van der Waals surface area contributed by atoms with E-state index in [0.29, 0.717) is 16.7 Å². The predicted molar refractivity (Wildman–Crippen MR) is 174 cm³/mol. The smallest absolute Gasteiger partial charge is 0.410 e. The molecule has 12 nitrogen and oxygen atoms in total. The van der Waals surface area contributed by atoms with E-state index in [0.717, 1.165) is 20.8 Å². The number of nitriles is 1. The summed E-state index contributed by atoms with van der Waals surface area (Å²) in [5, 5.41) is 12.1. The lowest BCUT2D eigenvalue weighted by molar-refractivity contribution is -0.133. The summed E-state index contributed by atoms with van der Waals surface area (Å²) in [7, 11) is 0. The van der Waals surface area contributed by atoms with Crippen molar-refractivity contribution in [1.29, 1.82) is 5.26 Å². The predicted octanol–water partition coefficient (Wildman–Crippen LogP) is 4.74. The van der Waals surface area contributed by atoms with Crippen LogP contribution in [0.5, 0.6) is 0 Å². The fraction of sp³-hybridized carbons (Fsp3) is 0.400. The SMILES string of the molecule is Cc1cc(F)cc(N(C(=O)[C@@H]2CN(C(=O)OC(C)(C)C)CC(=O)N2c2nccc(C#N)n2)[C@H](C(=O)NC2CC(F)(F)C2)c2ccccc2C)c1. The highest BCUT2D eigenvalue weighted by Gasteiger charge is 2.49. The zero-order valence-corrected chi connectivity index (χ0v) is 28.1. The maximum absolute atomic E-state index is 15.2. The Kier molecular flexibility index (Phi) is 9.85. The van der Waals surface area contributed by atoms with E-state index in [-0.39, 0.29) is 17.3 Å². The summed E-state index contributed by atoms with van der Waals surface area (Å²) in [6, 6.07) is 9.39. The van der Waals surface area contributed by atoms with E-state index in [9.17, 15) is 28.4 Å². The van der Waals surface area contributed by atoms with Gasteiger partial charge in [-0.1, -0.05) is 24.3 Å². The second-order valence-electron chi connectivity index (χ2n) is 13.4. The first-order chi connectivity index (χ1) is 23.5. The highest BCUT2D eigenvalue weighted by molar-refractivity contribution is 6.10. The maximum Gasteiger partial charge on any atom is 0.410 e. The van der Waals surface area contributed by atoms with E-state index in [1.54, 1.807) is 58.9 Å². The van der Waals surface area contributed by atoms with E-state index in [1.165, 1.54) is 24.4 Å². The van der Waals surface area contributed by atoms with Gasteiger partial charge < -0.3 is 10.1 Å². The third kappa shape index (κ3) is 7.85. The van der Waals surface area contributed by atoms with Crippen LogP contribution in [0.15, 0.2) is 54.7 Å². The summed E-state index contributed by atoms with van der Waals surface area (Å²) in [6.07, 6.45) is -0.882. The van der Waals surface area contributed by atoms with Crippen molar-refractivity contribution in [2.45, 2.75) is 77.1 Å². The number of ether oxygens (including phenoxy) is 1. The molecule has 2 atom stereocenters. The Morgan fingerprint density at radius 2 is 1.82 bits per heavy atom. The Bertz CT molecular complexity index is 1850. The zero-order chi connectivity index (χ0) is 36.5. The molecule has 1 saturated heterocycles. The molecule has 0 unspecified atom stereocenters. The number of nitrogens with zero attached hydrogens (tertiary/aromatic N) is 6. The van der Waals surface area contributed by atoms with Gasteiger partial charge in [0.15, 0.2) is 0 Å². The first kappa shape index (κ1) is 35.8. The molecule has 4 amide bonds. The standard InChI is InChI=1S/C35H36F3N7O5/c1-20-12-22(36)14-25(13-20)44(29(26-9-7-6-8-21(26)2)30(47)41-24-15-35(37,38)16-24)31(48)27-18-43(33(49)50-34(3,4)5)19-28(46)45(27)32-40-11-10-23(17-39)42-32/h6-14,24,27,29H,15-16,18-19H2,1-5H3,(H,41,47)/t27-,29-/m0/s1. The molecule has 2 aromatic carbocycles. The van der Waals surface area contributed by atoms with Crippen molar-refractivity contribution in [1.82, 2.24) is 20.2 Å². The van der Waals surface area contributed by atoms with Crippen molar-refractivity contribution in [3.63, 3.8) is 0 Å². The minimum absolute atomic E-state index is 0.0803. The van der Waals surface area contributed by atoms with Crippen LogP contribution in [0, 0.1) is 31.0 Å². The van der Waals surface area contributed by atoms with Gasteiger partial charge in [0, 0.05) is 30.8 Å². The summed E-state index contributed by atoms with van der Waals surface area (Å²) in [5.74, 6) is -6.60. The number of aryl methyl sites for hydroxylation is 2. The van der Waals surface area contributed by atoms with Crippen molar-refractivity contribution in [3.05, 3.63) is 82.9 Å². The first-order valence-corrected chi connectivity index (χ1v) is 15.8. The summed E-state index contributed by atoms with van der Waals surface area (Å²) in [4.78, 5) is 67.8. The molecule has 1 aliphatic carbocycles. The second kappa shape index (κ2) is 13.8. The largest absolute Gasteiger partial charge is 0.444 e. The fourth-order valence-electron chi connectivity index (χ4n) is 5.95. The molecule has 15 heteroatoms. The molecule has 0 spiro atoms. The number of anilines is 2. The Balaban J connectivity index is 1.69. The van der Waals surface area contributed by atoms with Gasteiger partial charge in [-0.25, -0.2) is 27.9 Å². The molecular formula is C35H36F3N7O5. The van der Waals surface area contributed by atoms with E-state index in [1.807, 2.05) is 6.07 Å². The van der Waals surface area contributed by atoms with Crippen LogP contribution < -0.4 is 15.1 Å². The highest BCUT2D eigenvalue weighted by Crippen LogP contribution is 2.39. The van der Waals surface area contributed by atoms with E-state index in [2.05, 4.69) is 15.3 Å². The fourth-order valence-corrected chi connectivity index (χ4v) is 5.95. The quantitative estimate of drug-likeness (QED) is 0.374. The van der Waals surface area contributed by atoms with Crippen LogP contribution in [0.2, 0.25) is 0 Å². The molecule has 0 radical (unpaired) electrons. The Labute approximate surface area is 286 Å². The number of alkyl halides is 2. The van der Waals surface area contributed by atoms with Gasteiger partial charge in [0.05, 0.1) is 6.54 Å². The van der Waals surface area contributed by atoms with Crippen molar-refractivity contribution in [2.24, 2.45) is 0 Å². The first-order valence-electron chi connectivity index (χ1n) is 15.8. The molecule has 1 saturated carbocycles. The van der Waals surface area contributed by atoms with Gasteiger partial charge in [0.25, 0.3) is 11.8 Å². The summed E-state index contributed by atoms with van der Waals surface area (Å²) in [6.45, 7) is 7.14. The molecule has 1 aromatic heterocycles. The number of aromatic nitrogens is 2. The van der Waals surface area contributed by atoms with Gasteiger partial charge in [-0.15, -0.1) is 0 Å². The third-order valence-electron chi connectivity index (χ3n) is 8.18. The van der Waals surface area contributed by atoms with Crippen LogP contribution in [0.1, 0.15) is 62.0 Å². The van der Waals surface area contributed by atoms with Crippen LogP contribution in [-0.4, -0.2) is 75.4 Å². The number of hydrogen-bond acceptors (Lipinski definition) is 8. The molecule has 0 bridgehead atoms. The minimum Gasteiger partial charge on any atom is -0.444 e. The monoisotopic (exact) mass is 691 g/mol. The molecule has 2 aliphatic rings. The summed E-state index contributed by atoms with van der Waals surface area (Å²) in [5.41, 5.74) is 0.0797. The summed E-state index contributed by atoms with van der Waals surface area (Å²) < 4.78 is 48.3. The second-order valence-corrected chi connectivity index (χ2v) is 13.4. The average molecular weight is 692 g/mol. The van der Waals surface area contributed by atoms with E-state index in [4.69, 9.17) is 4.74 Å². The average Bonchev–Trinajstić information content (AvgIpc) is 3.01. The minimum atomic E-state index is -2.96. The van der Waals surface area contributed by atoms with E-state index >= 15 is 9.18 Å². The lowest BCUT2D eigenvalue weighted by Gasteiger charge is -2.43. The highest BCUT2D eigenvalue weighted by atomic mass is 19.3. The number of benzene rings is 2. The normalized spacial score (nSPS) is 18.1. The van der Waals surface area contributed by atoms with Gasteiger partial charge in [0.2, 0.25) is 17.8 Å². The van der Waals surface area contributed by atoms with Gasteiger partial charge in [-0.05, 0) is 75.6 Å². The third-order valence-corrected chi connectivity index (χ3v) is 8.18. The van der Waals surface area contributed by atoms with Gasteiger partial charge in [-0.3, -0.25) is 29.1 Å². The lowest BCUT2D eigenvalue weighted by Crippen LogP contribution is -2.65. The maximum atomic E-state index is 15.2. The molecule has 2 fully saturated rings. The van der Waals surface area contributed by atoms with Crippen LogP contribution in [0.3, 0.4) is 0 Å². The molecule has 5 rings (SSSR count). The van der Waals surface area contributed by atoms with Crippen LogP contribution in [0.4, 0.5) is 29.6 Å². The van der Waals surface area contributed by atoms with Crippen LogP contribution >= 0.6 is 0 Å². The van der Waals surface area contributed by atoms with Crippen molar-refractivity contribution in [2.75, 3.05) is 22.9 Å². The number of carbonyl (C=O) groups excluding carboxylic acids is 4. The molecule has 2 heterocycles. The van der Waals surface area contributed by atoms with Crippen molar-refractivity contribution >= 4 is 35.5 Å². The molecule has 1 N–H and O–H groups in total. The van der Waals surface area contributed by atoms with Crippen molar-refractivity contribution in [3.8, 4) is 6.07 Å². The van der Waals surface area contributed by atoms with E-state index < -0.39 is 85.2 Å². The van der Waals surface area contributed by atoms with Crippen LogP contribution in [0.25, 0.3) is 0 Å². The number of rotatable bonds is 7. The lowest BCUT2D eigenvalue weighted by atomic mass is 9.87. The van der Waals surface area contributed by atoms with Crippen molar-refractivity contribution < 1.29 is 37.1 Å². The number of amides is 4. The number of halogens is 3. The zero-order valence-electron chi connectivity index (χ0n) is 28.1. The number of hydrogen-bond donors (Lipinski definition) is 1. The summed E-state index contributed by atoms with van der Waals surface area (Å²) >= 11 is 0. The number of carbonyl (C=O) groups is 4. The Morgan fingerprint density at radius 1 is 1.12 bits per heavy atom. The van der Waals surface area contributed by atoms with Gasteiger partial charge in [-0.2, -0.15) is 5.26 Å². The Morgan fingerprint density at radius 3 is 2.44 bits per heavy atom. The van der Waals surface area contributed by atoms with Gasteiger partial charge >= 0.3 is 6.09 Å². The van der Waals surface area contributed by atoms with Gasteiger partial charge in [0.1, 0.15) is 41.8 Å². The molecular weight excluding hydrogens is 655 g/mol. The molecule has 1 aliphatic heterocycles. The molecule has 262 valence electrons. The topological polar surface area (TPSA) is 149 Å². The molecule has 3 aromatic rings.